The first kappa shape index (κ1) is 25.2. The van der Waals surface area contributed by atoms with Gasteiger partial charge >= 0.3 is 0 Å². The van der Waals surface area contributed by atoms with Gasteiger partial charge < -0.3 is 25.2 Å². The quantitative estimate of drug-likeness (QED) is 0.219. The number of unbranched alkanes of at least 4 members (excludes halogenated alkanes) is 1. The number of rotatable bonds is 8. The minimum atomic E-state index is -0.687. The monoisotopic (exact) mass is 529 g/mol. The molecule has 5 heterocycles. The van der Waals surface area contributed by atoms with E-state index in [2.05, 4.69) is 54.2 Å². The van der Waals surface area contributed by atoms with Crippen LogP contribution >= 0.6 is 0 Å². The molecule has 0 aliphatic carbocycles. The Hall–Kier alpha value is -4.09. The molecule has 11 heteroatoms. The summed E-state index contributed by atoms with van der Waals surface area (Å²) in [5.74, 6) is 1.05. The average molecular weight is 530 g/mol. The molecule has 1 atom stereocenters. The zero-order valence-electron chi connectivity index (χ0n) is 22.1. The summed E-state index contributed by atoms with van der Waals surface area (Å²) < 4.78 is 15.2. The lowest BCUT2D eigenvalue weighted by Crippen LogP contribution is -2.44. The molecule has 1 aromatic carbocycles. The van der Waals surface area contributed by atoms with Gasteiger partial charge in [-0.3, -0.25) is 10.1 Å². The lowest BCUT2D eigenvalue weighted by molar-refractivity contribution is 0.190. The SMILES string of the molecule is CCCCC(O)Nc1cncc(-c2cc3c(-c4nc5c(N6CCN(C)CC6)nccc5[nH]4)n[nH]c3cc2F)c1. The van der Waals surface area contributed by atoms with Crippen LogP contribution < -0.4 is 10.2 Å². The smallest absolute Gasteiger partial charge is 0.159 e. The van der Waals surface area contributed by atoms with Crippen LogP contribution in [0.3, 0.4) is 0 Å². The number of pyridine rings is 2. The van der Waals surface area contributed by atoms with Gasteiger partial charge in [0.05, 0.1) is 22.9 Å². The number of aliphatic hydroxyl groups excluding tert-OH is 1. The van der Waals surface area contributed by atoms with E-state index in [1.807, 2.05) is 6.07 Å². The highest BCUT2D eigenvalue weighted by Crippen LogP contribution is 2.34. The molecule has 1 aliphatic rings. The van der Waals surface area contributed by atoms with Gasteiger partial charge in [0, 0.05) is 61.2 Å². The number of aromatic nitrogens is 6. The maximum Gasteiger partial charge on any atom is 0.159 e. The number of H-pyrrole nitrogens is 2. The van der Waals surface area contributed by atoms with E-state index in [1.165, 1.54) is 6.07 Å². The highest BCUT2D eigenvalue weighted by atomic mass is 19.1. The molecule has 5 aromatic rings. The molecule has 0 amide bonds. The molecule has 1 unspecified atom stereocenters. The van der Waals surface area contributed by atoms with Crippen LogP contribution in [0.5, 0.6) is 0 Å². The summed E-state index contributed by atoms with van der Waals surface area (Å²) in [7, 11) is 2.12. The number of imidazole rings is 1. The van der Waals surface area contributed by atoms with Crippen LogP contribution in [0, 0.1) is 5.82 Å². The third-order valence-corrected chi connectivity index (χ3v) is 7.27. The standard InChI is InChI=1S/C28H32FN9O/c1-3-4-5-24(39)32-18-12-17(15-30-16-18)19-13-20-23(14-21(19)29)35-36-25(20)27-33-22-6-7-31-28(26(22)34-27)38-10-8-37(2)9-11-38/h6-7,12-16,24,32,39H,3-5,8-11H2,1-2H3,(H,33,34)(H,35,36). The lowest BCUT2D eigenvalue weighted by atomic mass is 10.0. The van der Waals surface area contributed by atoms with Crippen LogP contribution in [0.2, 0.25) is 0 Å². The normalized spacial score (nSPS) is 15.3. The van der Waals surface area contributed by atoms with Gasteiger partial charge in [0.15, 0.2) is 11.6 Å². The molecule has 0 saturated carbocycles. The number of benzene rings is 1. The average Bonchev–Trinajstić information content (AvgIpc) is 3.55. The number of piperazine rings is 1. The number of anilines is 2. The van der Waals surface area contributed by atoms with Crippen LogP contribution in [0.15, 0.2) is 42.9 Å². The zero-order chi connectivity index (χ0) is 26.9. The van der Waals surface area contributed by atoms with E-state index in [0.29, 0.717) is 40.3 Å². The summed E-state index contributed by atoms with van der Waals surface area (Å²) >= 11 is 0. The first-order valence-electron chi connectivity index (χ1n) is 13.4. The number of nitrogens with one attached hydrogen (secondary N) is 3. The third kappa shape index (κ3) is 5.02. The zero-order valence-corrected chi connectivity index (χ0v) is 22.1. The van der Waals surface area contributed by atoms with E-state index < -0.39 is 12.0 Å². The fourth-order valence-corrected chi connectivity index (χ4v) is 5.05. The molecule has 202 valence electrons. The highest BCUT2D eigenvalue weighted by molar-refractivity contribution is 5.97. The summed E-state index contributed by atoms with van der Waals surface area (Å²) in [6.07, 6.45) is 6.87. The minimum Gasteiger partial charge on any atom is -0.374 e. The van der Waals surface area contributed by atoms with Crippen molar-refractivity contribution in [1.29, 1.82) is 0 Å². The van der Waals surface area contributed by atoms with Crippen LogP contribution in [0.1, 0.15) is 26.2 Å². The number of nitrogens with zero attached hydrogens (tertiary/aromatic N) is 6. The Morgan fingerprint density at radius 3 is 2.79 bits per heavy atom. The Bertz CT molecular complexity index is 1610. The summed E-state index contributed by atoms with van der Waals surface area (Å²) in [4.78, 5) is 21.8. The summed E-state index contributed by atoms with van der Waals surface area (Å²) in [5, 5.41) is 21.5. The fraction of sp³-hybridized carbons (Fsp3) is 0.357. The maximum absolute atomic E-state index is 15.2. The van der Waals surface area contributed by atoms with Crippen molar-refractivity contribution >= 4 is 33.4 Å². The Morgan fingerprint density at radius 1 is 1.13 bits per heavy atom. The van der Waals surface area contributed by atoms with E-state index in [9.17, 15) is 5.11 Å². The molecule has 1 fully saturated rings. The van der Waals surface area contributed by atoms with E-state index in [4.69, 9.17) is 4.98 Å². The van der Waals surface area contributed by atoms with E-state index in [0.717, 1.165) is 61.3 Å². The largest absolute Gasteiger partial charge is 0.374 e. The molecular weight excluding hydrogens is 497 g/mol. The number of hydrogen-bond donors (Lipinski definition) is 4. The number of halogens is 1. The van der Waals surface area contributed by atoms with E-state index in [1.54, 1.807) is 30.7 Å². The van der Waals surface area contributed by atoms with Gasteiger partial charge in [-0.25, -0.2) is 14.4 Å². The molecule has 4 N–H and O–H groups in total. The van der Waals surface area contributed by atoms with Crippen LogP contribution in [-0.2, 0) is 0 Å². The molecule has 4 aromatic heterocycles. The second-order valence-electron chi connectivity index (χ2n) is 10.1. The molecule has 1 saturated heterocycles. The van der Waals surface area contributed by atoms with Crippen LogP contribution in [0.4, 0.5) is 15.9 Å². The molecule has 0 bridgehead atoms. The number of aliphatic hydroxyl groups is 1. The molecule has 39 heavy (non-hydrogen) atoms. The van der Waals surface area contributed by atoms with Crippen molar-refractivity contribution in [2.75, 3.05) is 43.4 Å². The van der Waals surface area contributed by atoms with E-state index in [-0.39, 0.29) is 0 Å². The van der Waals surface area contributed by atoms with Crippen molar-refractivity contribution in [1.82, 2.24) is 35.0 Å². The molecule has 0 spiro atoms. The Kier molecular flexibility index (Phi) is 6.84. The van der Waals surface area contributed by atoms with Gasteiger partial charge in [-0.15, -0.1) is 0 Å². The first-order chi connectivity index (χ1) is 19.0. The van der Waals surface area contributed by atoms with Gasteiger partial charge in [-0.05, 0) is 38.1 Å². The minimum absolute atomic E-state index is 0.389. The number of fused-ring (bicyclic) bond motifs is 2. The van der Waals surface area contributed by atoms with Crippen molar-refractivity contribution in [3.63, 3.8) is 0 Å². The van der Waals surface area contributed by atoms with Crippen LogP contribution in [-0.4, -0.2) is 79.6 Å². The van der Waals surface area contributed by atoms with Crippen molar-refractivity contribution in [3.05, 3.63) is 48.7 Å². The number of likely N-dealkylation sites (N-methyl/N-ethyl adjacent to an activating group) is 1. The fourth-order valence-electron chi connectivity index (χ4n) is 5.05. The van der Waals surface area contributed by atoms with Gasteiger partial charge in [0.2, 0.25) is 0 Å². The highest BCUT2D eigenvalue weighted by Gasteiger charge is 2.22. The van der Waals surface area contributed by atoms with Crippen molar-refractivity contribution in [3.8, 4) is 22.6 Å². The molecule has 6 rings (SSSR count). The molecule has 10 nitrogen and oxygen atoms in total. The summed E-state index contributed by atoms with van der Waals surface area (Å²) in [5.41, 5.74) is 4.45. The Labute approximate surface area is 225 Å². The molecular formula is C28H32FN9O. The first-order valence-corrected chi connectivity index (χ1v) is 13.4. The van der Waals surface area contributed by atoms with E-state index >= 15 is 4.39 Å². The molecule has 1 aliphatic heterocycles. The van der Waals surface area contributed by atoms with Crippen molar-refractivity contribution < 1.29 is 9.50 Å². The molecule has 0 radical (unpaired) electrons. The van der Waals surface area contributed by atoms with Gasteiger partial charge in [0.1, 0.15) is 23.3 Å². The lowest BCUT2D eigenvalue weighted by Gasteiger charge is -2.33. The van der Waals surface area contributed by atoms with Crippen LogP contribution in [0.25, 0.3) is 44.6 Å². The second kappa shape index (κ2) is 10.6. The second-order valence-corrected chi connectivity index (χ2v) is 10.1. The summed E-state index contributed by atoms with van der Waals surface area (Å²) in [6, 6.07) is 6.91. The van der Waals surface area contributed by atoms with Gasteiger partial charge in [0.25, 0.3) is 0 Å². The predicted molar refractivity (Wildman–Crippen MR) is 151 cm³/mol. The number of aromatic amines is 2. The summed E-state index contributed by atoms with van der Waals surface area (Å²) in [6.45, 7) is 5.79. The topological polar surface area (TPSA) is 122 Å². The third-order valence-electron chi connectivity index (χ3n) is 7.27. The van der Waals surface area contributed by atoms with Gasteiger partial charge in [-0.1, -0.05) is 13.3 Å². The number of hydrogen-bond acceptors (Lipinski definition) is 8. The van der Waals surface area contributed by atoms with Gasteiger partial charge in [-0.2, -0.15) is 5.10 Å². The predicted octanol–water partition coefficient (Wildman–Crippen LogP) is 4.37. The van der Waals surface area contributed by atoms with Crippen molar-refractivity contribution in [2.24, 2.45) is 0 Å². The van der Waals surface area contributed by atoms with Crippen molar-refractivity contribution in [2.45, 2.75) is 32.4 Å². The Morgan fingerprint density at radius 2 is 1.97 bits per heavy atom. The Balaban J connectivity index is 1.35. The maximum atomic E-state index is 15.2.